The van der Waals surface area contributed by atoms with Gasteiger partial charge in [-0.15, -0.1) is 0 Å². The number of hydrogen-bond donors (Lipinski definition) is 1. The van der Waals surface area contributed by atoms with Gasteiger partial charge >= 0.3 is 0 Å². The van der Waals surface area contributed by atoms with Crippen LogP contribution in [-0.2, 0) is 0 Å². The van der Waals surface area contributed by atoms with E-state index in [1.807, 2.05) is 18.3 Å². The summed E-state index contributed by atoms with van der Waals surface area (Å²) in [6, 6.07) is 4.64. The lowest BCUT2D eigenvalue weighted by Crippen LogP contribution is -2.56. The Kier molecular flexibility index (Phi) is 3.23. The number of aliphatic hydroxyl groups excluding tert-OH is 1. The topological polar surface area (TPSA) is 39.6 Å². The molecule has 0 bridgehead atoms. The van der Waals surface area contributed by atoms with Gasteiger partial charge in [-0.05, 0) is 54.1 Å². The second kappa shape index (κ2) is 4.70. The number of hydrogen-bond acceptors (Lipinski definition) is 4. The van der Waals surface area contributed by atoms with E-state index in [2.05, 4.69) is 37.4 Å². The lowest BCUT2D eigenvalue weighted by atomic mass is 10.1. The molecule has 0 aromatic carbocycles. The van der Waals surface area contributed by atoms with Crippen molar-refractivity contribution in [2.75, 3.05) is 24.5 Å². The first-order valence-corrected chi connectivity index (χ1v) is 7.12. The molecule has 92 valence electrons. The van der Waals surface area contributed by atoms with Gasteiger partial charge in [0.15, 0.2) is 0 Å². The van der Waals surface area contributed by atoms with E-state index in [1.165, 1.54) is 12.8 Å². The van der Waals surface area contributed by atoms with Crippen LogP contribution in [0.4, 0.5) is 5.69 Å². The Morgan fingerprint density at radius 2 is 2.24 bits per heavy atom. The molecule has 2 aliphatic heterocycles. The van der Waals surface area contributed by atoms with Crippen molar-refractivity contribution in [3.05, 3.63) is 22.0 Å². The fraction of sp³-hybridized carbons (Fsp3) is 0.583. The Balaban J connectivity index is 1.80. The minimum absolute atomic E-state index is 0.397. The molecule has 3 rings (SSSR count). The third kappa shape index (κ3) is 2.28. The van der Waals surface area contributed by atoms with Gasteiger partial charge in [0, 0.05) is 19.1 Å². The van der Waals surface area contributed by atoms with Crippen LogP contribution in [0.3, 0.4) is 0 Å². The van der Waals surface area contributed by atoms with Gasteiger partial charge in [0.2, 0.25) is 0 Å². The van der Waals surface area contributed by atoms with Crippen LogP contribution in [-0.4, -0.2) is 46.9 Å². The molecule has 0 aliphatic carbocycles. The highest BCUT2D eigenvalue weighted by Gasteiger charge is 2.35. The average Bonchev–Trinajstić information content (AvgIpc) is 2.76. The number of anilines is 1. The quantitative estimate of drug-likeness (QED) is 0.615. The molecule has 2 fully saturated rings. The van der Waals surface area contributed by atoms with Gasteiger partial charge < -0.3 is 10.0 Å². The number of aliphatic hydroxyl groups is 1. The summed E-state index contributed by atoms with van der Waals surface area (Å²) in [6.45, 7) is 2.82. The van der Waals surface area contributed by atoms with Crippen molar-refractivity contribution >= 4 is 28.3 Å². The van der Waals surface area contributed by atoms with E-state index in [1.54, 1.807) is 0 Å². The van der Waals surface area contributed by atoms with Crippen LogP contribution in [0.5, 0.6) is 0 Å². The molecule has 5 heteroatoms. The Morgan fingerprint density at radius 3 is 3.00 bits per heavy atom. The molecule has 0 saturated carbocycles. The lowest BCUT2D eigenvalue weighted by molar-refractivity contribution is 0.0690. The molecular weight excluding hydrogens is 329 g/mol. The smallest absolute Gasteiger partial charge is 0.139 e. The Labute approximate surface area is 115 Å². The van der Waals surface area contributed by atoms with E-state index in [-0.39, 0.29) is 0 Å². The number of piperazine rings is 1. The molecule has 2 saturated heterocycles. The van der Waals surface area contributed by atoms with Crippen LogP contribution in [0.2, 0.25) is 0 Å². The van der Waals surface area contributed by atoms with Crippen LogP contribution in [0.25, 0.3) is 0 Å². The Hall–Kier alpha value is -0.400. The van der Waals surface area contributed by atoms with Gasteiger partial charge in [0.25, 0.3) is 0 Å². The first-order valence-electron chi connectivity index (χ1n) is 6.04. The maximum atomic E-state index is 10.2. The molecule has 1 N–H and O–H groups in total. The molecule has 0 spiro atoms. The van der Waals surface area contributed by atoms with Gasteiger partial charge in [-0.3, -0.25) is 4.90 Å². The summed E-state index contributed by atoms with van der Waals surface area (Å²) in [4.78, 5) is 8.78. The molecule has 3 heterocycles. The molecule has 2 atom stereocenters. The maximum absolute atomic E-state index is 10.2. The predicted octanol–water partition coefficient (Wildman–Crippen LogP) is 1.29. The van der Waals surface area contributed by atoms with Gasteiger partial charge in [0.1, 0.15) is 9.93 Å². The van der Waals surface area contributed by atoms with Crippen molar-refractivity contribution in [3.63, 3.8) is 0 Å². The number of fused-ring (bicyclic) bond motifs is 1. The summed E-state index contributed by atoms with van der Waals surface area (Å²) in [5.41, 5.74) is 1.03. The first-order chi connectivity index (χ1) is 8.24. The minimum Gasteiger partial charge on any atom is -0.372 e. The van der Waals surface area contributed by atoms with E-state index >= 15 is 0 Å². The summed E-state index contributed by atoms with van der Waals surface area (Å²) in [5.74, 6) is 0. The molecule has 0 amide bonds. The fourth-order valence-corrected chi connectivity index (χ4v) is 3.13. The first kappa shape index (κ1) is 11.7. The Morgan fingerprint density at radius 1 is 1.35 bits per heavy atom. The molecule has 17 heavy (non-hydrogen) atoms. The van der Waals surface area contributed by atoms with E-state index in [0.717, 1.165) is 29.0 Å². The summed E-state index contributed by atoms with van der Waals surface area (Å²) in [6.07, 6.45) is 3.97. The lowest BCUT2D eigenvalue weighted by Gasteiger charge is -2.42. The zero-order valence-electron chi connectivity index (χ0n) is 9.59. The van der Waals surface area contributed by atoms with Crippen LogP contribution in [0, 0.1) is 3.70 Å². The predicted molar refractivity (Wildman–Crippen MR) is 74.9 cm³/mol. The van der Waals surface area contributed by atoms with E-state index in [9.17, 15) is 5.11 Å². The monoisotopic (exact) mass is 345 g/mol. The second-order valence-electron chi connectivity index (χ2n) is 4.76. The maximum Gasteiger partial charge on any atom is 0.139 e. The zero-order valence-corrected chi connectivity index (χ0v) is 11.7. The van der Waals surface area contributed by atoms with E-state index in [0.29, 0.717) is 6.04 Å². The number of aromatic nitrogens is 1. The summed E-state index contributed by atoms with van der Waals surface area (Å²) in [7, 11) is 0. The largest absolute Gasteiger partial charge is 0.372 e. The third-order valence-electron chi connectivity index (χ3n) is 3.71. The van der Waals surface area contributed by atoms with Crippen molar-refractivity contribution in [2.24, 2.45) is 0 Å². The van der Waals surface area contributed by atoms with Crippen molar-refractivity contribution < 1.29 is 5.11 Å². The molecule has 1 aromatic heterocycles. The molecule has 2 aliphatic rings. The highest BCUT2D eigenvalue weighted by atomic mass is 127. The normalized spacial score (nSPS) is 29.4. The molecule has 0 radical (unpaired) electrons. The summed E-state index contributed by atoms with van der Waals surface area (Å²) in [5, 5.41) is 10.2. The van der Waals surface area contributed by atoms with Crippen molar-refractivity contribution in [1.82, 2.24) is 9.88 Å². The highest BCUT2D eigenvalue weighted by molar-refractivity contribution is 14.1. The van der Waals surface area contributed by atoms with Crippen LogP contribution >= 0.6 is 22.6 Å². The standard InChI is InChI=1S/C12H16IN3O/c13-11-4-3-9(6-14-11)16-7-10-2-1-5-15(10)8-12(16)17/h3-4,6,10,12,17H,1-2,5,7-8H2. The van der Waals surface area contributed by atoms with E-state index < -0.39 is 6.23 Å². The number of halogens is 1. The van der Waals surface area contributed by atoms with Gasteiger partial charge in [-0.25, -0.2) is 4.98 Å². The average molecular weight is 345 g/mol. The summed E-state index contributed by atoms with van der Waals surface area (Å²) < 4.78 is 0.986. The second-order valence-corrected chi connectivity index (χ2v) is 5.87. The fourth-order valence-electron chi connectivity index (χ4n) is 2.81. The van der Waals surface area contributed by atoms with Gasteiger partial charge in [-0.1, -0.05) is 0 Å². The summed E-state index contributed by atoms with van der Waals surface area (Å²) >= 11 is 2.20. The molecule has 1 aromatic rings. The van der Waals surface area contributed by atoms with Gasteiger partial charge in [0.05, 0.1) is 11.9 Å². The van der Waals surface area contributed by atoms with Crippen LogP contribution < -0.4 is 4.90 Å². The van der Waals surface area contributed by atoms with Crippen molar-refractivity contribution in [1.29, 1.82) is 0 Å². The highest BCUT2D eigenvalue weighted by Crippen LogP contribution is 2.27. The molecular formula is C12H16IN3O. The molecule has 2 unspecified atom stereocenters. The Bertz CT molecular complexity index is 397. The van der Waals surface area contributed by atoms with Crippen molar-refractivity contribution in [3.8, 4) is 0 Å². The number of rotatable bonds is 1. The SMILES string of the molecule is OC1CN2CCCC2CN1c1ccc(I)nc1. The number of pyridine rings is 1. The minimum atomic E-state index is -0.397. The van der Waals surface area contributed by atoms with Crippen LogP contribution in [0.15, 0.2) is 18.3 Å². The van der Waals surface area contributed by atoms with Gasteiger partial charge in [-0.2, -0.15) is 0 Å². The van der Waals surface area contributed by atoms with E-state index in [4.69, 9.17) is 0 Å². The number of nitrogens with zero attached hydrogens (tertiary/aromatic N) is 3. The van der Waals surface area contributed by atoms with Crippen molar-refractivity contribution in [2.45, 2.75) is 25.1 Å². The zero-order chi connectivity index (χ0) is 11.8. The third-order valence-corrected chi connectivity index (χ3v) is 4.35. The van der Waals surface area contributed by atoms with Crippen LogP contribution in [0.1, 0.15) is 12.8 Å². The molecule has 4 nitrogen and oxygen atoms in total.